The van der Waals surface area contributed by atoms with E-state index in [4.69, 9.17) is 5.73 Å². The number of hydrogen-bond donors (Lipinski definition) is 1. The molecule has 0 aromatic carbocycles. The first-order chi connectivity index (χ1) is 7.74. The van der Waals surface area contributed by atoms with E-state index in [2.05, 4.69) is 21.6 Å². The molecule has 2 rings (SSSR count). The molecule has 86 valence electrons. The third-order valence-electron chi connectivity index (χ3n) is 2.67. The van der Waals surface area contributed by atoms with Gasteiger partial charge in [-0.3, -0.25) is 4.68 Å². The molecule has 2 aromatic heterocycles. The van der Waals surface area contributed by atoms with Gasteiger partial charge in [0.05, 0.1) is 5.69 Å². The quantitative estimate of drug-likeness (QED) is 0.836. The van der Waals surface area contributed by atoms with E-state index in [1.165, 1.54) is 0 Å². The Kier molecular flexibility index (Phi) is 3.05. The second-order valence-electron chi connectivity index (χ2n) is 3.84. The van der Waals surface area contributed by atoms with Crippen LogP contribution in [-0.4, -0.2) is 19.3 Å². The molecule has 0 saturated heterocycles. The standard InChI is InChI=1S/C11H17N5/c1-3-7-16-8-6-13-11(16)10(12)9-4-5-14-15(9)2/h4-6,8,10H,3,7,12H2,1-2H3. The van der Waals surface area contributed by atoms with Crippen molar-refractivity contribution in [2.24, 2.45) is 12.8 Å². The lowest BCUT2D eigenvalue weighted by Gasteiger charge is -2.13. The molecule has 5 nitrogen and oxygen atoms in total. The monoisotopic (exact) mass is 219 g/mol. The van der Waals surface area contributed by atoms with Crippen LogP contribution in [-0.2, 0) is 13.6 Å². The summed E-state index contributed by atoms with van der Waals surface area (Å²) in [5.41, 5.74) is 7.17. The summed E-state index contributed by atoms with van der Waals surface area (Å²) < 4.78 is 3.88. The minimum atomic E-state index is -0.214. The second kappa shape index (κ2) is 4.49. The van der Waals surface area contributed by atoms with Gasteiger partial charge >= 0.3 is 0 Å². The predicted octanol–water partition coefficient (Wildman–Crippen LogP) is 1.07. The van der Waals surface area contributed by atoms with Gasteiger partial charge in [-0.2, -0.15) is 5.10 Å². The van der Waals surface area contributed by atoms with Gasteiger partial charge in [-0.1, -0.05) is 6.92 Å². The number of hydrogen-bond acceptors (Lipinski definition) is 3. The fourth-order valence-electron chi connectivity index (χ4n) is 1.85. The molecule has 0 aliphatic heterocycles. The van der Waals surface area contributed by atoms with Gasteiger partial charge in [0.15, 0.2) is 0 Å². The van der Waals surface area contributed by atoms with Crippen molar-refractivity contribution in [3.63, 3.8) is 0 Å². The largest absolute Gasteiger partial charge is 0.333 e. The van der Waals surface area contributed by atoms with Gasteiger partial charge in [0.25, 0.3) is 0 Å². The lowest BCUT2D eigenvalue weighted by molar-refractivity contribution is 0.585. The Morgan fingerprint density at radius 2 is 2.25 bits per heavy atom. The van der Waals surface area contributed by atoms with Gasteiger partial charge in [0.1, 0.15) is 11.9 Å². The summed E-state index contributed by atoms with van der Waals surface area (Å²) in [5.74, 6) is 0.894. The maximum absolute atomic E-state index is 6.19. The molecule has 2 N–H and O–H groups in total. The molecule has 0 aliphatic rings. The normalized spacial score (nSPS) is 12.9. The van der Waals surface area contributed by atoms with Crippen molar-refractivity contribution in [2.45, 2.75) is 25.9 Å². The zero-order valence-electron chi connectivity index (χ0n) is 9.67. The minimum absolute atomic E-state index is 0.214. The van der Waals surface area contributed by atoms with Crippen LogP contribution in [0.3, 0.4) is 0 Å². The Labute approximate surface area is 94.9 Å². The summed E-state index contributed by atoms with van der Waals surface area (Å²) in [5, 5.41) is 4.12. The van der Waals surface area contributed by atoms with Crippen LogP contribution < -0.4 is 5.73 Å². The number of aromatic nitrogens is 4. The smallest absolute Gasteiger partial charge is 0.131 e. The fourth-order valence-corrected chi connectivity index (χ4v) is 1.85. The second-order valence-corrected chi connectivity index (χ2v) is 3.84. The molecule has 0 aliphatic carbocycles. The van der Waals surface area contributed by atoms with Crippen LogP contribution >= 0.6 is 0 Å². The molecule has 0 amide bonds. The molecule has 16 heavy (non-hydrogen) atoms. The van der Waals surface area contributed by atoms with Gasteiger partial charge < -0.3 is 10.3 Å². The van der Waals surface area contributed by atoms with Gasteiger partial charge in [-0.25, -0.2) is 4.98 Å². The fraction of sp³-hybridized carbons (Fsp3) is 0.455. The Balaban J connectivity index is 2.30. The van der Waals surface area contributed by atoms with E-state index in [0.717, 1.165) is 24.5 Å². The predicted molar refractivity (Wildman–Crippen MR) is 61.8 cm³/mol. The van der Waals surface area contributed by atoms with E-state index in [9.17, 15) is 0 Å². The molecular weight excluding hydrogens is 202 g/mol. The van der Waals surface area contributed by atoms with E-state index < -0.39 is 0 Å². The zero-order chi connectivity index (χ0) is 11.5. The first kappa shape index (κ1) is 10.9. The highest BCUT2D eigenvalue weighted by Crippen LogP contribution is 2.17. The van der Waals surface area contributed by atoms with Crippen molar-refractivity contribution in [2.75, 3.05) is 0 Å². The number of nitrogens with zero attached hydrogens (tertiary/aromatic N) is 4. The number of rotatable bonds is 4. The average Bonchev–Trinajstić information content (AvgIpc) is 2.87. The molecule has 5 heteroatoms. The van der Waals surface area contributed by atoms with Crippen LogP contribution in [0.25, 0.3) is 0 Å². The van der Waals surface area contributed by atoms with Gasteiger partial charge in [0.2, 0.25) is 0 Å². The van der Waals surface area contributed by atoms with Crippen LogP contribution in [0.2, 0.25) is 0 Å². The summed E-state index contributed by atoms with van der Waals surface area (Å²) in [6.07, 6.45) is 6.58. The van der Waals surface area contributed by atoms with Crippen LogP contribution in [0.5, 0.6) is 0 Å². The molecule has 1 atom stereocenters. The van der Waals surface area contributed by atoms with E-state index in [-0.39, 0.29) is 6.04 Å². The molecule has 1 unspecified atom stereocenters. The van der Waals surface area contributed by atoms with Gasteiger partial charge in [0, 0.05) is 32.2 Å². The molecule has 0 saturated carbocycles. The first-order valence-corrected chi connectivity index (χ1v) is 5.48. The molecule has 0 radical (unpaired) electrons. The summed E-state index contributed by atoms with van der Waals surface area (Å²) in [7, 11) is 1.89. The van der Waals surface area contributed by atoms with E-state index in [0.29, 0.717) is 0 Å². The van der Waals surface area contributed by atoms with Crippen molar-refractivity contribution in [3.05, 3.63) is 36.2 Å². The van der Waals surface area contributed by atoms with Crippen molar-refractivity contribution in [1.82, 2.24) is 19.3 Å². The van der Waals surface area contributed by atoms with Crippen molar-refractivity contribution < 1.29 is 0 Å². The van der Waals surface area contributed by atoms with Crippen molar-refractivity contribution in [3.8, 4) is 0 Å². The highest BCUT2D eigenvalue weighted by Gasteiger charge is 2.17. The van der Waals surface area contributed by atoms with Gasteiger partial charge in [-0.15, -0.1) is 0 Å². The summed E-state index contributed by atoms with van der Waals surface area (Å²) in [6.45, 7) is 3.08. The SMILES string of the molecule is CCCn1ccnc1C(N)c1ccnn1C. The number of nitrogens with two attached hydrogens (primary N) is 1. The van der Waals surface area contributed by atoms with Crippen LogP contribution in [0.15, 0.2) is 24.7 Å². The molecule has 0 spiro atoms. The zero-order valence-corrected chi connectivity index (χ0v) is 9.67. The first-order valence-electron chi connectivity index (χ1n) is 5.48. The lowest BCUT2D eigenvalue weighted by atomic mass is 10.2. The summed E-state index contributed by atoms with van der Waals surface area (Å²) in [4.78, 5) is 4.33. The van der Waals surface area contributed by atoms with E-state index in [1.54, 1.807) is 17.1 Å². The lowest BCUT2D eigenvalue weighted by Crippen LogP contribution is -2.20. The average molecular weight is 219 g/mol. The molecule has 0 fully saturated rings. The Hall–Kier alpha value is -1.62. The van der Waals surface area contributed by atoms with Crippen molar-refractivity contribution >= 4 is 0 Å². The van der Waals surface area contributed by atoms with Gasteiger partial charge in [-0.05, 0) is 12.5 Å². The minimum Gasteiger partial charge on any atom is -0.333 e. The third-order valence-corrected chi connectivity index (χ3v) is 2.67. The molecular formula is C11H17N5. The topological polar surface area (TPSA) is 61.7 Å². The van der Waals surface area contributed by atoms with Crippen LogP contribution in [0.4, 0.5) is 0 Å². The molecule has 2 heterocycles. The van der Waals surface area contributed by atoms with Crippen LogP contribution in [0, 0.1) is 0 Å². The number of imidazole rings is 1. The van der Waals surface area contributed by atoms with Crippen LogP contribution in [0.1, 0.15) is 30.9 Å². The Morgan fingerprint density at radius 1 is 1.44 bits per heavy atom. The van der Waals surface area contributed by atoms with E-state index in [1.807, 2.05) is 19.3 Å². The molecule has 0 bridgehead atoms. The highest BCUT2D eigenvalue weighted by atomic mass is 15.3. The summed E-state index contributed by atoms with van der Waals surface area (Å²) in [6, 6.07) is 1.71. The summed E-state index contributed by atoms with van der Waals surface area (Å²) >= 11 is 0. The van der Waals surface area contributed by atoms with E-state index >= 15 is 0 Å². The molecule has 2 aromatic rings. The van der Waals surface area contributed by atoms with Crippen molar-refractivity contribution in [1.29, 1.82) is 0 Å². The number of aryl methyl sites for hydroxylation is 2. The third kappa shape index (κ3) is 1.86. The Morgan fingerprint density at radius 3 is 2.88 bits per heavy atom. The Bertz CT molecular complexity index is 456. The maximum atomic E-state index is 6.19. The maximum Gasteiger partial charge on any atom is 0.131 e. The highest BCUT2D eigenvalue weighted by molar-refractivity contribution is 5.16.